The van der Waals surface area contributed by atoms with E-state index in [0.29, 0.717) is 71.6 Å². The standard InChI is InChI=1S/C90H166N6O24/c1-67(100)93-81-75(58-70(61-97)84(108)87(81)111)118-52-38-29-22-16-10-5-7-13-19-25-33-42-73(103)46-55-115-64-90(96-80(107)45-41-44-78(105)91-49-36-28-32-37-51-114-4,65-116-56-47-74(104)43-34-26-20-14-8-6-11-17-23-30-39-53-119-76-59-71(62-98)85(109)88(112)82(76)94-68(2)101)66-117-57-48-79(106)92-50-35-27-21-15-9-12-18-24-31-40-54-120-77-60-72(63-99)86(110)89(113)83(77)95-69(3)102/h70-72,75-77,81-89,97-99,108-113H,5-66H2,1-4H3,(H,91,105)(H,92,106)(H,93,100)(H,94,101)(H,95,102)(H,96,107). The first-order valence-electron chi connectivity index (χ1n) is 46.7. The molecule has 15 unspecified atom stereocenters. The first-order valence-corrected chi connectivity index (χ1v) is 46.7. The van der Waals surface area contributed by atoms with Crippen LogP contribution in [-0.4, -0.2) is 278 Å². The number of carbonyl (C=O) groups is 8. The fourth-order valence-corrected chi connectivity index (χ4v) is 16.5. The van der Waals surface area contributed by atoms with Crippen molar-refractivity contribution in [3.8, 4) is 0 Å². The highest BCUT2D eigenvalue weighted by Crippen LogP contribution is 2.32. The van der Waals surface area contributed by atoms with E-state index in [-0.39, 0.29) is 145 Å². The Bertz CT molecular complexity index is 2440. The average Bonchev–Trinajstić information content (AvgIpc) is 0.814. The van der Waals surface area contributed by atoms with Crippen molar-refractivity contribution in [2.45, 2.75) is 401 Å². The van der Waals surface area contributed by atoms with Gasteiger partial charge in [-0.25, -0.2) is 0 Å². The smallest absolute Gasteiger partial charge is 0.222 e. The van der Waals surface area contributed by atoms with Crippen LogP contribution >= 0.6 is 0 Å². The van der Waals surface area contributed by atoms with Crippen LogP contribution in [0.3, 0.4) is 0 Å². The van der Waals surface area contributed by atoms with Gasteiger partial charge in [0.05, 0.1) is 94.4 Å². The highest BCUT2D eigenvalue weighted by Gasteiger charge is 2.47. The van der Waals surface area contributed by atoms with Gasteiger partial charge in [0.15, 0.2) is 0 Å². The number of nitrogens with one attached hydrogen (secondary N) is 6. The summed E-state index contributed by atoms with van der Waals surface area (Å²) in [6.07, 6.45) is 30.4. The number of hydrogen-bond acceptors (Lipinski definition) is 24. The molecule has 0 bridgehead atoms. The Morgan fingerprint density at radius 3 is 0.867 bits per heavy atom. The van der Waals surface area contributed by atoms with E-state index in [4.69, 9.17) is 33.2 Å². The van der Waals surface area contributed by atoms with E-state index in [9.17, 15) is 84.3 Å². The van der Waals surface area contributed by atoms with Crippen LogP contribution < -0.4 is 31.9 Å². The van der Waals surface area contributed by atoms with E-state index in [0.717, 1.165) is 231 Å². The normalized spacial score (nSPS) is 23.6. The van der Waals surface area contributed by atoms with Gasteiger partial charge >= 0.3 is 0 Å². The molecule has 3 aliphatic rings. The monoisotopic (exact) mass is 1720 g/mol. The molecule has 0 radical (unpaired) electrons. The fourth-order valence-electron chi connectivity index (χ4n) is 16.5. The number of carbonyl (C=O) groups excluding carboxylic acids is 8. The highest BCUT2D eigenvalue weighted by molar-refractivity contribution is 5.80. The van der Waals surface area contributed by atoms with Crippen LogP contribution in [0.2, 0.25) is 0 Å². The van der Waals surface area contributed by atoms with E-state index in [1.165, 1.54) is 20.8 Å². The van der Waals surface area contributed by atoms with Crippen LogP contribution in [0.1, 0.15) is 323 Å². The summed E-state index contributed by atoms with van der Waals surface area (Å²) < 4.78 is 42.0. The number of amides is 6. The molecule has 0 saturated heterocycles. The molecule has 700 valence electrons. The van der Waals surface area contributed by atoms with Crippen molar-refractivity contribution in [1.82, 2.24) is 31.9 Å². The molecule has 120 heavy (non-hydrogen) atoms. The molecular weight excluding hydrogens is 1550 g/mol. The van der Waals surface area contributed by atoms with Crippen LogP contribution in [0.15, 0.2) is 0 Å². The number of Topliss-reactive ketones (excluding diaryl/α,β-unsaturated/α-hetero) is 2. The Labute approximate surface area is 718 Å². The highest BCUT2D eigenvalue weighted by atomic mass is 16.5. The zero-order chi connectivity index (χ0) is 87.8. The lowest BCUT2D eigenvalue weighted by Gasteiger charge is -2.42. The van der Waals surface area contributed by atoms with Crippen molar-refractivity contribution in [2.75, 3.05) is 106 Å². The topological polar surface area (TPSA) is 455 Å². The summed E-state index contributed by atoms with van der Waals surface area (Å²) in [7, 11) is 1.68. The van der Waals surface area contributed by atoms with E-state index in [2.05, 4.69) is 31.9 Å². The lowest BCUT2D eigenvalue weighted by molar-refractivity contribution is -0.142. The molecule has 3 saturated carbocycles. The molecule has 3 rings (SSSR count). The minimum Gasteiger partial charge on any atom is -0.396 e. The zero-order valence-corrected chi connectivity index (χ0v) is 74.1. The number of methoxy groups -OCH3 is 1. The molecule has 30 nitrogen and oxygen atoms in total. The molecule has 3 fully saturated rings. The molecule has 0 aliphatic heterocycles. The lowest BCUT2D eigenvalue weighted by atomic mass is 9.79. The molecule has 3 aliphatic carbocycles. The largest absolute Gasteiger partial charge is 0.396 e. The van der Waals surface area contributed by atoms with Gasteiger partial charge in [0.2, 0.25) is 35.4 Å². The molecule has 0 aromatic heterocycles. The molecular formula is C90H166N6O24. The van der Waals surface area contributed by atoms with Gasteiger partial charge in [-0.3, -0.25) is 38.4 Å². The number of ketones is 2. The third-order valence-electron chi connectivity index (χ3n) is 23.8. The lowest BCUT2D eigenvalue weighted by Crippen LogP contribution is -2.61. The Hall–Kier alpha value is -4.48. The van der Waals surface area contributed by atoms with Crippen molar-refractivity contribution in [3.63, 3.8) is 0 Å². The quantitative estimate of drug-likeness (QED) is 0.0257. The maximum absolute atomic E-state index is 14.0. The van der Waals surface area contributed by atoms with Gasteiger partial charge in [-0.1, -0.05) is 180 Å². The van der Waals surface area contributed by atoms with E-state index in [1.807, 2.05) is 0 Å². The summed E-state index contributed by atoms with van der Waals surface area (Å²) >= 11 is 0. The van der Waals surface area contributed by atoms with Crippen molar-refractivity contribution in [1.29, 1.82) is 0 Å². The second-order valence-corrected chi connectivity index (χ2v) is 34.5. The van der Waals surface area contributed by atoms with Crippen LogP contribution in [-0.2, 0) is 71.5 Å². The minimum atomic E-state index is -1.27. The molecule has 0 spiro atoms. The fraction of sp³-hybridized carbons (Fsp3) is 0.911. The molecule has 15 atom stereocenters. The molecule has 6 amide bonds. The second-order valence-electron chi connectivity index (χ2n) is 34.5. The molecule has 0 heterocycles. The Morgan fingerprint density at radius 2 is 0.567 bits per heavy atom. The number of ether oxygens (including phenoxy) is 7. The summed E-state index contributed by atoms with van der Waals surface area (Å²) in [5.41, 5.74) is -1.27. The second kappa shape index (κ2) is 69.7. The van der Waals surface area contributed by atoms with E-state index >= 15 is 0 Å². The number of rotatable bonds is 77. The van der Waals surface area contributed by atoms with Gasteiger partial charge in [-0.2, -0.15) is 0 Å². The average molecular weight is 1720 g/mol. The van der Waals surface area contributed by atoms with Crippen LogP contribution in [0.4, 0.5) is 0 Å². The third kappa shape index (κ3) is 50.6. The van der Waals surface area contributed by atoms with Gasteiger partial charge < -0.3 is 111 Å². The summed E-state index contributed by atoms with van der Waals surface area (Å²) in [5, 5.41) is 109. The predicted octanol–water partition coefficient (Wildman–Crippen LogP) is 7.94. The van der Waals surface area contributed by atoms with Crippen molar-refractivity contribution >= 4 is 47.0 Å². The minimum absolute atomic E-state index is 0.0281. The number of aliphatic hydroxyl groups excluding tert-OH is 9. The first kappa shape index (κ1) is 110. The maximum atomic E-state index is 14.0. The van der Waals surface area contributed by atoms with Crippen molar-refractivity contribution in [2.24, 2.45) is 17.8 Å². The summed E-state index contributed by atoms with van der Waals surface area (Å²) in [4.78, 5) is 102. The van der Waals surface area contributed by atoms with Gasteiger partial charge in [0, 0.05) is 150 Å². The Morgan fingerprint density at radius 1 is 0.300 bits per heavy atom. The Balaban J connectivity index is 1.47. The first-order chi connectivity index (χ1) is 58.0. The molecule has 0 aromatic carbocycles. The number of aliphatic hydroxyl groups is 9. The third-order valence-corrected chi connectivity index (χ3v) is 23.8. The zero-order valence-electron chi connectivity index (χ0n) is 74.1. The van der Waals surface area contributed by atoms with Gasteiger partial charge in [-0.05, 0) is 77.0 Å². The van der Waals surface area contributed by atoms with Crippen LogP contribution in [0, 0.1) is 17.8 Å². The molecule has 15 N–H and O–H groups in total. The number of hydrogen-bond donors (Lipinski definition) is 15. The SMILES string of the molecule is COCCCCCCNC(=O)CCCC(=O)NC(COCCC(=O)CCCCCCCCCCCCCOC1CC(CO)C(O)C(O)C1NC(C)=O)(COCCC(=O)CCCCCCCCCCCCCOC1CC(CO)C(O)C(O)C1NC(C)=O)COCCC(=O)NCCCCCCCCCCCCOC1CC(CO)C(O)C(O)C1NC(C)=O. The Kier molecular flexibility index (Phi) is 63.7. The van der Waals surface area contributed by atoms with Crippen LogP contribution in [0.5, 0.6) is 0 Å². The molecule has 0 aromatic rings. The predicted molar refractivity (Wildman–Crippen MR) is 458 cm³/mol. The van der Waals surface area contributed by atoms with Crippen molar-refractivity contribution < 1.29 is 117 Å². The van der Waals surface area contributed by atoms with Gasteiger partial charge in [0.1, 0.15) is 35.4 Å². The van der Waals surface area contributed by atoms with Gasteiger partial charge in [0.25, 0.3) is 0 Å². The maximum Gasteiger partial charge on any atom is 0.222 e. The summed E-state index contributed by atoms with van der Waals surface area (Å²) in [6.45, 7) is 6.33. The molecule has 30 heteroatoms. The summed E-state index contributed by atoms with van der Waals surface area (Å²) in [6, 6.07) is -2.21. The van der Waals surface area contributed by atoms with E-state index < -0.39 is 96.4 Å². The van der Waals surface area contributed by atoms with Crippen molar-refractivity contribution in [3.05, 3.63) is 0 Å². The summed E-state index contributed by atoms with van der Waals surface area (Å²) in [5.74, 6) is -3.06. The van der Waals surface area contributed by atoms with Crippen LogP contribution in [0.25, 0.3) is 0 Å². The van der Waals surface area contributed by atoms with E-state index in [1.54, 1.807) is 7.11 Å². The van der Waals surface area contributed by atoms with Gasteiger partial charge in [-0.15, -0.1) is 0 Å². The number of unbranched alkanes of at least 4 members (excludes halogenated alkanes) is 32.